The number of allylic oxidation sites excluding steroid dienone is 2. The van der Waals surface area contributed by atoms with Crippen molar-refractivity contribution in [3.05, 3.63) is 24.8 Å². The Morgan fingerprint density at radius 2 is 2.18 bits per heavy atom. The monoisotopic (exact) mass is 152 g/mol. The van der Waals surface area contributed by atoms with Crippen LogP contribution in [-0.4, -0.2) is 0 Å². The third kappa shape index (κ3) is 7.38. The van der Waals surface area contributed by atoms with Crippen molar-refractivity contribution in [1.29, 1.82) is 0 Å². The van der Waals surface area contributed by atoms with Crippen LogP contribution in [0.5, 0.6) is 0 Å². The topological polar surface area (TPSA) is 0 Å². The van der Waals surface area contributed by atoms with Gasteiger partial charge in [0.2, 0.25) is 0 Å². The highest BCUT2D eigenvalue weighted by molar-refractivity contribution is 4.87. The Balaban J connectivity index is 3.23. The third-order valence-electron chi connectivity index (χ3n) is 1.87. The van der Waals surface area contributed by atoms with Gasteiger partial charge < -0.3 is 0 Å². The quantitative estimate of drug-likeness (QED) is 0.506. The van der Waals surface area contributed by atoms with Crippen LogP contribution in [0, 0.1) is 5.92 Å². The zero-order valence-electron chi connectivity index (χ0n) is 7.90. The van der Waals surface area contributed by atoms with Crippen LogP contribution in [0.15, 0.2) is 24.8 Å². The van der Waals surface area contributed by atoms with E-state index >= 15 is 0 Å². The molecule has 0 nitrogen and oxygen atoms in total. The van der Waals surface area contributed by atoms with Gasteiger partial charge >= 0.3 is 0 Å². The molecule has 0 aromatic carbocycles. The molecule has 0 N–H and O–H groups in total. The molecule has 0 radical (unpaired) electrons. The van der Waals surface area contributed by atoms with Crippen molar-refractivity contribution in [1.82, 2.24) is 0 Å². The van der Waals surface area contributed by atoms with Gasteiger partial charge in [-0.25, -0.2) is 0 Å². The summed E-state index contributed by atoms with van der Waals surface area (Å²) in [7, 11) is 0. The summed E-state index contributed by atoms with van der Waals surface area (Å²) in [6.07, 6.45) is 6.92. The average molecular weight is 152 g/mol. The van der Waals surface area contributed by atoms with Crippen LogP contribution in [0.1, 0.15) is 39.5 Å². The molecule has 0 aromatic rings. The fourth-order valence-electron chi connectivity index (χ4n) is 1.15. The minimum Gasteiger partial charge on any atom is -0.103 e. The van der Waals surface area contributed by atoms with E-state index in [0.29, 0.717) is 0 Å². The minimum absolute atomic E-state index is 0.798. The largest absolute Gasteiger partial charge is 0.103 e. The summed E-state index contributed by atoms with van der Waals surface area (Å²) in [5.41, 5.74) is 1.30. The van der Waals surface area contributed by atoms with Gasteiger partial charge in [-0.3, -0.25) is 0 Å². The van der Waals surface area contributed by atoms with Gasteiger partial charge in [0.25, 0.3) is 0 Å². The molecule has 0 heterocycles. The molecule has 1 unspecified atom stereocenters. The van der Waals surface area contributed by atoms with Crippen molar-refractivity contribution >= 4 is 0 Å². The van der Waals surface area contributed by atoms with Gasteiger partial charge in [-0.2, -0.15) is 0 Å². The Morgan fingerprint density at radius 3 is 2.64 bits per heavy atom. The summed E-state index contributed by atoms with van der Waals surface area (Å²) in [5.74, 6) is 0.798. The summed E-state index contributed by atoms with van der Waals surface area (Å²) < 4.78 is 0. The first-order valence-corrected chi connectivity index (χ1v) is 4.42. The molecule has 0 aliphatic carbocycles. The standard InChI is InChI=1S/C11H20/c1-5-7-11(4)9-6-8-10(2)3/h5,11H,1-2,6-9H2,3-4H3. The second kappa shape index (κ2) is 6.21. The van der Waals surface area contributed by atoms with Gasteiger partial charge in [-0.1, -0.05) is 25.0 Å². The lowest BCUT2D eigenvalue weighted by atomic mass is 9.99. The highest BCUT2D eigenvalue weighted by Gasteiger charge is 1.98. The predicted octanol–water partition coefficient (Wildman–Crippen LogP) is 3.95. The van der Waals surface area contributed by atoms with E-state index in [-0.39, 0.29) is 0 Å². The Labute approximate surface area is 71.0 Å². The average Bonchev–Trinajstić information content (AvgIpc) is 1.87. The first kappa shape index (κ1) is 10.5. The minimum atomic E-state index is 0.798. The zero-order chi connectivity index (χ0) is 8.69. The van der Waals surface area contributed by atoms with E-state index in [2.05, 4.69) is 27.0 Å². The summed E-state index contributed by atoms with van der Waals surface area (Å²) >= 11 is 0. The smallest absolute Gasteiger partial charge is 0.0326 e. The molecule has 0 fully saturated rings. The number of rotatable bonds is 6. The van der Waals surface area contributed by atoms with Crippen LogP contribution in [0.2, 0.25) is 0 Å². The highest BCUT2D eigenvalue weighted by atomic mass is 14.0. The maximum atomic E-state index is 3.88. The molecule has 0 saturated heterocycles. The molecule has 0 amide bonds. The van der Waals surface area contributed by atoms with E-state index in [1.54, 1.807) is 0 Å². The molecule has 1 atom stereocenters. The van der Waals surface area contributed by atoms with Gasteiger partial charge in [-0.15, -0.1) is 13.2 Å². The Bertz CT molecular complexity index is 122. The van der Waals surface area contributed by atoms with Crippen LogP contribution in [-0.2, 0) is 0 Å². The summed E-state index contributed by atoms with van der Waals surface area (Å²) in [6.45, 7) is 12.0. The number of hydrogen-bond acceptors (Lipinski definition) is 0. The molecule has 0 spiro atoms. The first-order valence-electron chi connectivity index (χ1n) is 4.42. The normalized spacial score (nSPS) is 12.5. The van der Waals surface area contributed by atoms with Crippen molar-refractivity contribution in [2.45, 2.75) is 39.5 Å². The molecule has 0 heteroatoms. The third-order valence-corrected chi connectivity index (χ3v) is 1.87. The molecule has 0 aromatic heterocycles. The fraction of sp³-hybridized carbons (Fsp3) is 0.636. The van der Waals surface area contributed by atoms with E-state index < -0.39 is 0 Å². The molecule has 0 aliphatic rings. The van der Waals surface area contributed by atoms with Crippen molar-refractivity contribution in [2.24, 2.45) is 5.92 Å². The number of hydrogen-bond donors (Lipinski definition) is 0. The molecular formula is C11H20. The van der Waals surface area contributed by atoms with Gasteiger partial charge in [0.15, 0.2) is 0 Å². The Kier molecular flexibility index (Phi) is 5.91. The molecular weight excluding hydrogens is 132 g/mol. The maximum absolute atomic E-state index is 3.88. The lowest BCUT2D eigenvalue weighted by Crippen LogP contribution is -1.92. The highest BCUT2D eigenvalue weighted by Crippen LogP contribution is 2.13. The van der Waals surface area contributed by atoms with Gasteiger partial charge in [0.05, 0.1) is 0 Å². The lowest BCUT2D eigenvalue weighted by molar-refractivity contribution is 0.516. The molecule has 0 saturated carbocycles. The van der Waals surface area contributed by atoms with E-state index in [4.69, 9.17) is 0 Å². The van der Waals surface area contributed by atoms with E-state index in [0.717, 1.165) is 12.3 Å². The molecule has 11 heavy (non-hydrogen) atoms. The Hall–Kier alpha value is -0.520. The van der Waals surface area contributed by atoms with Crippen molar-refractivity contribution in [3.63, 3.8) is 0 Å². The van der Waals surface area contributed by atoms with E-state index in [1.165, 1.54) is 24.8 Å². The molecule has 0 rings (SSSR count). The SMILES string of the molecule is C=CCC(C)CCCC(=C)C. The van der Waals surface area contributed by atoms with Crippen LogP contribution in [0.4, 0.5) is 0 Å². The molecule has 0 bridgehead atoms. The van der Waals surface area contributed by atoms with Crippen molar-refractivity contribution in [3.8, 4) is 0 Å². The zero-order valence-corrected chi connectivity index (χ0v) is 7.90. The first-order chi connectivity index (χ1) is 5.16. The van der Waals surface area contributed by atoms with Crippen molar-refractivity contribution in [2.75, 3.05) is 0 Å². The van der Waals surface area contributed by atoms with Crippen LogP contribution in [0.25, 0.3) is 0 Å². The lowest BCUT2D eigenvalue weighted by Gasteiger charge is -2.07. The van der Waals surface area contributed by atoms with Crippen molar-refractivity contribution < 1.29 is 0 Å². The maximum Gasteiger partial charge on any atom is -0.0326 e. The molecule has 64 valence electrons. The van der Waals surface area contributed by atoms with Crippen LogP contribution < -0.4 is 0 Å². The van der Waals surface area contributed by atoms with Crippen LogP contribution >= 0.6 is 0 Å². The van der Waals surface area contributed by atoms with Gasteiger partial charge in [0, 0.05) is 0 Å². The second-order valence-electron chi connectivity index (χ2n) is 3.48. The van der Waals surface area contributed by atoms with Crippen LogP contribution in [0.3, 0.4) is 0 Å². The van der Waals surface area contributed by atoms with Gasteiger partial charge in [0.1, 0.15) is 0 Å². The van der Waals surface area contributed by atoms with E-state index in [1.807, 2.05) is 6.08 Å². The fourth-order valence-corrected chi connectivity index (χ4v) is 1.15. The predicted molar refractivity (Wildman–Crippen MR) is 52.6 cm³/mol. The summed E-state index contributed by atoms with van der Waals surface area (Å²) in [5, 5.41) is 0. The van der Waals surface area contributed by atoms with Gasteiger partial charge in [-0.05, 0) is 32.1 Å². The second-order valence-corrected chi connectivity index (χ2v) is 3.48. The summed E-state index contributed by atoms with van der Waals surface area (Å²) in [4.78, 5) is 0. The van der Waals surface area contributed by atoms with E-state index in [9.17, 15) is 0 Å². The molecule has 0 aliphatic heterocycles. The Morgan fingerprint density at radius 1 is 1.55 bits per heavy atom. The summed E-state index contributed by atoms with van der Waals surface area (Å²) in [6, 6.07) is 0.